The average molecular weight is 348 g/mol. The molecule has 0 spiro atoms. The van der Waals surface area contributed by atoms with E-state index >= 15 is 0 Å². The SMILES string of the molecule is CC(C)(C(=O)N1CCNCC1)c1ccc(Br)cc1.Cl. The topological polar surface area (TPSA) is 32.3 Å². The van der Waals surface area contributed by atoms with Gasteiger partial charge in [0.1, 0.15) is 0 Å². The van der Waals surface area contributed by atoms with Crippen LogP contribution in [0.15, 0.2) is 28.7 Å². The van der Waals surface area contributed by atoms with Gasteiger partial charge in [-0.1, -0.05) is 28.1 Å². The van der Waals surface area contributed by atoms with Crippen molar-refractivity contribution in [3.8, 4) is 0 Å². The summed E-state index contributed by atoms with van der Waals surface area (Å²) in [7, 11) is 0. The van der Waals surface area contributed by atoms with Crippen molar-refractivity contribution in [1.29, 1.82) is 0 Å². The molecule has 3 nitrogen and oxygen atoms in total. The maximum atomic E-state index is 12.6. The number of halogens is 2. The number of benzene rings is 1. The van der Waals surface area contributed by atoms with Crippen LogP contribution >= 0.6 is 28.3 Å². The largest absolute Gasteiger partial charge is 0.339 e. The van der Waals surface area contributed by atoms with Gasteiger partial charge in [-0.15, -0.1) is 12.4 Å². The van der Waals surface area contributed by atoms with E-state index in [1.54, 1.807) is 0 Å². The van der Waals surface area contributed by atoms with Crippen LogP contribution in [0.2, 0.25) is 0 Å². The Bertz CT molecular complexity index is 428. The van der Waals surface area contributed by atoms with Gasteiger partial charge in [0.25, 0.3) is 0 Å². The first-order valence-corrected chi connectivity index (χ1v) is 7.07. The molecule has 0 unspecified atom stereocenters. The summed E-state index contributed by atoms with van der Waals surface area (Å²) < 4.78 is 1.04. The fraction of sp³-hybridized carbons (Fsp3) is 0.500. The van der Waals surface area contributed by atoms with Gasteiger partial charge in [-0.05, 0) is 31.5 Å². The number of amides is 1. The smallest absolute Gasteiger partial charge is 0.232 e. The van der Waals surface area contributed by atoms with Crippen LogP contribution in [0, 0.1) is 0 Å². The number of hydrogen-bond donors (Lipinski definition) is 1. The summed E-state index contributed by atoms with van der Waals surface area (Å²) in [4.78, 5) is 14.5. The van der Waals surface area contributed by atoms with Crippen molar-refractivity contribution in [2.45, 2.75) is 19.3 Å². The molecule has 0 bridgehead atoms. The van der Waals surface area contributed by atoms with Crippen LogP contribution in [0.3, 0.4) is 0 Å². The average Bonchev–Trinajstić information content (AvgIpc) is 2.39. The zero-order valence-corrected chi connectivity index (χ0v) is 13.7. The molecule has 0 atom stereocenters. The van der Waals surface area contributed by atoms with Gasteiger partial charge in [0.2, 0.25) is 5.91 Å². The van der Waals surface area contributed by atoms with Crippen LogP contribution < -0.4 is 5.32 Å². The molecule has 1 aromatic rings. The van der Waals surface area contributed by atoms with E-state index in [0.29, 0.717) is 0 Å². The Hall–Kier alpha value is -0.580. The van der Waals surface area contributed by atoms with E-state index in [0.717, 1.165) is 36.2 Å². The maximum Gasteiger partial charge on any atom is 0.232 e. The lowest BCUT2D eigenvalue weighted by atomic mass is 9.83. The highest BCUT2D eigenvalue weighted by Gasteiger charge is 2.34. The van der Waals surface area contributed by atoms with Crippen LogP contribution in [-0.4, -0.2) is 37.0 Å². The van der Waals surface area contributed by atoms with Gasteiger partial charge in [0, 0.05) is 30.7 Å². The Morgan fingerprint density at radius 3 is 2.26 bits per heavy atom. The van der Waals surface area contributed by atoms with Gasteiger partial charge in [-0.25, -0.2) is 0 Å². The zero-order chi connectivity index (χ0) is 13.2. The molecular weight excluding hydrogens is 328 g/mol. The van der Waals surface area contributed by atoms with Crippen molar-refractivity contribution in [1.82, 2.24) is 10.2 Å². The number of rotatable bonds is 2. The standard InChI is InChI=1S/C14H19BrN2O.ClH/c1-14(2,11-3-5-12(15)6-4-11)13(18)17-9-7-16-8-10-17;/h3-6,16H,7-10H2,1-2H3;1H. The maximum absolute atomic E-state index is 12.6. The van der Waals surface area contributed by atoms with Crippen molar-refractivity contribution >= 4 is 34.2 Å². The van der Waals surface area contributed by atoms with Gasteiger partial charge in [0.15, 0.2) is 0 Å². The normalized spacial score (nSPS) is 15.8. The molecular formula is C14H20BrClN2O. The van der Waals surface area contributed by atoms with Gasteiger partial charge < -0.3 is 10.2 Å². The first kappa shape index (κ1) is 16.5. The summed E-state index contributed by atoms with van der Waals surface area (Å²) in [5.74, 6) is 0.214. The van der Waals surface area contributed by atoms with E-state index in [4.69, 9.17) is 0 Å². The van der Waals surface area contributed by atoms with E-state index < -0.39 is 5.41 Å². The van der Waals surface area contributed by atoms with Crippen LogP contribution in [0.25, 0.3) is 0 Å². The Kier molecular flexibility index (Phi) is 5.83. The Labute approximate surface area is 129 Å². The van der Waals surface area contributed by atoms with Gasteiger partial charge in [0.05, 0.1) is 5.41 Å². The minimum atomic E-state index is -0.460. The number of nitrogens with one attached hydrogen (secondary N) is 1. The molecule has 1 fully saturated rings. The minimum absolute atomic E-state index is 0. The lowest BCUT2D eigenvalue weighted by Gasteiger charge is -2.35. The molecule has 0 aliphatic carbocycles. The highest BCUT2D eigenvalue weighted by atomic mass is 79.9. The Morgan fingerprint density at radius 2 is 1.74 bits per heavy atom. The number of nitrogens with zero attached hydrogens (tertiary/aromatic N) is 1. The summed E-state index contributed by atoms with van der Waals surface area (Å²) in [6.07, 6.45) is 0. The lowest BCUT2D eigenvalue weighted by molar-refractivity contribution is -0.136. The molecule has 19 heavy (non-hydrogen) atoms. The van der Waals surface area contributed by atoms with Crippen LogP contribution in [0.1, 0.15) is 19.4 Å². The van der Waals surface area contributed by atoms with E-state index in [1.165, 1.54) is 0 Å². The highest BCUT2D eigenvalue weighted by molar-refractivity contribution is 9.10. The number of hydrogen-bond acceptors (Lipinski definition) is 2. The van der Waals surface area contributed by atoms with E-state index in [1.807, 2.05) is 43.0 Å². The molecule has 5 heteroatoms. The van der Waals surface area contributed by atoms with Gasteiger partial charge in [-0.2, -0.15) is 0 Å². The highest BCUT2D eigenvalue weighted by Crippen LogP contribution is 2.27. The van der Waals surface area contributed by atoms with Crippen molar-refractivity contribution in [2.24, 2.45) is 0 Å². The second kappa shape index (κ2) is 6.73. The van der Waals surface area contributed by atoms with Crippen LogP contribution in [-0.2, 0) is 10.2 Å². The summed E-state index contributed by atoms with van der Waals surface area (Å²) >= 11 is 3.42. The molecule has 1 aromatic carbocycles. The molecule has 1 aliphatic heterocycles. The van der Waals surface area contributed by atoms with Crippen LogP contribution in [0.5, 0.6) is 0 Å². The number of carbonyl (C=O) groups excluding carboxylic acids is 1. The van der Waals surface area contributed by atoms with Crippen molar-refractivity contribution in [3.63, 3.8) is 0 Å². The monoisotopic (exact) mass is 346 g/mol. The summed E-state index contributed by atoms with van der Waals surface area (Å²) in [5.41, 5.74) is 0.604. The fourth-order valence-corrected chi connectivity index (χ4v) is 2.52. The Balaban J connectivity index is 0.00000180. The molecule has 0 radical (unpaired) electrons. The Morgan fingerprint density at radius 1 is 1.21 bits per heavy atom. The molecule has 1 amide bonds. The summed E-state index contributed by atoms with van der Waals surface area (Å²) in [5, 5.41) is 3.27. The molecule has 0 saturated carbocycles. The third-order valence-corrected chi connectivity index (χ3v) is 4.03. The van der Waals surface area contributed by atoms with Crippen molar-refractivity contribution < 1.29 is 4.79 Å². The molecule has 1 heterocycles. The summed E-state index contributed by atoms with van der Waals surface area (Å²) in [6.45, 7) is 7.39. The molecule has 1 aliphatic rings. The molecule has 2 rings (SSSR count). The number of carbonyl (C=O) groups is 1. The number of piperazine rings is 1. The predicted octanol–water partition coefficient (Wildman–Crippen LogP) is 2.58. The molecule has 0 aromatic heterocycles. The third-order valence-electron chi connectivity index (χ3n) is 3.50. The second-order valence-corrected chi connectivity index (χ2v) is 6.09. The van der Waals surface area contributed by atoms with Crippen molar-refractivity contribution in [3.05, 3.63) is 34.3 Å². The first-order chi connectivity index (χ1) is 8.51. The van der Waals surface area contributed by atoms with Gasteiger partial charge >= 0.3 is 0 Å². The van der Waals surface area contributed by atoms with Crippen LogP contribution in [0.4, 0.5) is 0 Å². The fourth-order valence-electron chi connectivity index (χ4n) is 2.25. The second-order valence-electron chi connectivity index (χ2n) is 5.17. The third kappa shape index (κ3) is 3.71. The van der Waals surface area contributed by atoms with E-state index in [2.05, 4.69) is 21.2 Å². The van der Waals surface area contributed by atoms with E-state index in [9.17, 15) is 4.79 Å². The van der Waals surface area contributed by atoms with E-state index in [-0.39, 0.29) is 18.3 Å². The summed E-state index contributed by atoms with van der Waals surface area (Å²) in [6, 6.07) is 8.01. The molecule has 1 saturated heterocycles. The minimum Gasteiger partial charge on any atom is -0.339 e. The quantitative estimate of drug-likeness (QED) is 0.892. The van der Waals surface area contributed by atoms with Gasteiger partial charge in [-0.3, -0.25) is 4.79 Å². The molecule has 106 valence electrons. The molecule has 1 N–H and O–H groups in total. The first-order valence-electron chi connectivity index (χ1n) is 6.28. The predicted molar refractivity (Wildman–Crippen MR) is 83.9 cm³/mol. The lowest BCUT2D eigenvalue weighted by Crippen LogP contribution is -2.51. The zero-order valence-electron chi connectivity index (χ0n) is 11.3. The van der Waals surface area contributed by atoms with Crippen molar-refractivity contribution in [2.75, 3.05) is 26.2 Å².